The molecule has 0 atom stereocenters. The Hall–Kier alpha value is -0.870. The highest BCUT2D eigenvalue weighted by Gasteiger charge is 2.20. The average molecular weight is 238 g/mol. The van der Waals surface area contributed by atoms with Gasteiger partial charge < -0.3 is 9.84 Å². The molecule has 17 heavy (non-hydrogen) atoms. The van der Waals surface area contributed by atoms with Gasteiger partial charge in [0.1, 0.15) is 0 Å². The Labute approximate surface area is 103 Å². The molecule has 0 aromatic carbocycles. The molecule has 1 saturated carbocycles. The molecule has 1 N–H and O–H groups in total. The molecule has 4 nitrogen and oxygen atoms in total. The summed E-state index contributed by atoms with van der Waals surface area (Å²) in [5.41, 5.74) is 2.20. The molecule has 1 fully saturated rings. The Bertz CT molecular complexity index is 354. The molecule has 0 radical (unpaired) electrons. The van der Waals surface area contributed by atoms with Crippen LogP contribution in [0.15, 0.2) is 6.07 Å². The lowest BCUT2D eigenvalue weighted by molar-refractivity contribution is -0.0141. The van der Waals surface area contributed by atoms with Gasteiger partial charge in [-0.1, -0.05) is 0 Å². The predicted octanol–water partition coefficient (Wildman–Crippen LogP) is 2.03. The lowest BCUT2D eigenvalue weighted by Crippen LogP contribution is -2.24. The van der Waals surface area contributed by atoms with Gasteiger partial charge in [0.15, 0.2) is 0 Å². The van der Waals surface area contributed by atoms with Crippen molar-refractivity contribution in [1.82, 2.24) is 9.78 Å². The van der Waals surface area contributed by atoms with Gasteiger partial charge in [0, 0.05) is 6.54 Å². The standard InChI is InChI=1S/C13H22N2O2/c1-3-15-11(8-10(2)14-15)9-17-13-6-4-12(16)5-7-13/h8,12-13,16H,3-7,9H2,1-2H3. The van der Waals surface area contributed by atoms with Crippen molar-refractivity contribution in [2.24, 2.45) is 0 Å². The number of aromatic nitrogens is 2. The number of nitrogens with zero attached hydrogens (tertiary/aromatic N) is 2. The first-order valence-corrected chi connectivity index (χ1v) is 6.52. The molecule has 0 unspecified atom stereocenters. The Kier molecular flexibility index (Phi) is 4.18. The summed E-state index contributed by atoms with van der Waals surface area (Å²) in [7, 11) is 0. The normalized spacial score (nSPS) is 25.1. The largest absolute Gasteiger partial charge is 0.393 e. The SMILES string of the molecule is CCn1nc(C)cc1COC1CCC(O)CC1. The number of aliphatic hydroxyl groups excluding tert-OH is 1. The molecule has 0 saturated heterocycles. The van der Waals surface area contributed by atoms with Crippen molar-refractivity contribution in [1.29, 1.82) is 0 Å². The van der Waals surface area contributed by atoms with Crippen LogP contribution >= 0.6 is 0 Å². The summed E-state index contributed by atoms with van der Waals surface area (Å²) in [6.45, 7) is 5.62. The van der Waals surface area contributed by atoms with Gasteiger partial charge >= 0.3 is 0 Å². The quantitative estimate of drug-likeness (QED) is 0.873. The summed E-state index contributed by atoms with van der Waals surface area (Å²) in [5, 5.41) is 13.8. The topological polar surface area (TPSA) is 47.3 Å². The van der Waals surface area contributed by atoms with E-state index in [1.165, 1.54) is 0 Å². The fourth-order valence-electron chi connectivity index (χ4n) is 2.40. The molecule has 4 heteroatoms. The average Bonchev–Trinajstić information content (AvgIpc) is 2.69. The first-order valence-electron chi connectivity index (χ1n) is 6.52. The second-order valence-corrected chi connectivity index (χ2v) is 4.83. The summed E-state index contributed by atoms with van der Waals surface area (Å²) in [6.07, 6.45) is 3.88. The van der Waals surface area contributed by atoms with E-state index >= 15 is 0 Å². The van der Waals surface area contributed by atoms with E-state index in [9.17, 15) is 5.11 Å². The van der Waals surface area contributed by atoms with Gasteiger partial charge in [0.05, 0.1) is 30.2 Å². The minimum Gasteiger partial charge on any atom is -0.393 e. The minimum absolute atomic E-state index is 0.113. The van der Waals surface area contributed by atoms with Gasteiger partial charge in [-0.25, -0.2) is 0 Å². The van der Waals surface area contributed by atoms with Crippen LogP contribution in [0.25, 0.3) is 0 Å². The molecule has 1 aromatic rings. The highest BCUT2D eigenvalue weighted by atomic mass is 16.5. The first kappa shape index (κ1) is 12.6. The first-order chi connectivity index (χ1) is 8.19. The van der Waals surface area contributed by atoms with Crippen molar-refractivity contribution in [3.63, 3.8) is 0 Å². The summed E-state index contributed by atoms with van der Waals surface area (Å²) in [4.78, 5) is 0. The maximum Gasteiger partial charge on any atom is 0.0888 e. The molecule has 1 heterocycles. The second kappa shape index (κ2) is 5.65. The van der Waals surface area contributed by atoms with Gasteiger partial charge in [-0.2, -0.15) is 5.10 Å². The summed E-state index contributed by atoms with van der Waals surface area (Å²) in [6, 6.07) is 2.08. The Morgan fingerprint density at radius 1 is 1.41 bits per heavy atom. The molecule has 2 rings (SSSR count). The van der Waals surface area contributed by atoms with Crippen molar-refractivity contribution >= 4 is 0 Å². The Morgan fingerprint density at radius 2 is 2.12 bits per heavy atom. The van der Waals surface area contributed by atoms with E-state index in [2.05, 4.69) is 18.1 Å². The number of aliphatic hydroxyl groups is 1. The summed E-state index contributed by atoms with van der Waals surface area (Å²) in [5.74, 6) is 0. The van der Waals surface area contributed by atoms with Crippen LogP contribution in [0.1, 0.15) is 44.0 Å². The van der Waals surface area contributed by atoms with E-state index < -0.39 is 0 Å². The number of hydrogen-bond donors (Lipinski definition) is 1. The molecular formula is C13H22N2O2. The van der Waals surface area contributed by atoms with Crippen LogP contribution < -0.4 is 0 Å². The van der Waals surface area contributed by atoms with Crippen molar-refractivity contribution in [3.8, 4) is 0 Å². The fourth-order valence-corrected chi connectivity index (χ4v) is 2.40. The van der Waals surface area contributed by atoms with E-state index in [1.807, 2.05) is 11.6 Å². The highest BCUT2D eigenvalue weighted by molar-refractivity contribution is 5.07. The van der Waals surface area contributed by atoms with Gasteiger partial charge in [0.2, 0.25) is 0 Å². The van der Waals surface area contributed by atoms with Crippen molar-refractivity contribution in [3.05, 3.63) is 17.5 Å². The Balaban J connectivity index is 1.85. The molecule has 0 bridgehead atoms. The molecule has 1 aliphatic carbocycles. The van der Waals surface area contributed by atoms with Gasteiger partial charge in [-0.15, -0.1) is 0 Å². The van der Waals surface area contributed by atoms with Gasteiger partial charge in [0.25, 0.3) is 0 Å². The molecule has 0 spiro atoms. The second-order valence-electron chi connectivity index (χ2n) is 4.83. The third-order valence-electron chi connectivity index (χ3n) is 3.40. The van der Waals surface area contributed by atoms with Crippen LogP contribution in [-0.2, 0) is 17.9 Å². The maximum atomic E-state index is 9.43. The maximum absolute atomic E-state index is 9.43. The van der Waals surface area contributed by atoms with Crippen molar-refractivity contribution in [2.45, 2.75) is 64.9 Å². The molecule has 1 aliphatic rings. The van der Waals surface area contributed by atoms with E-state index in [1.54, 1.807) is 0 Å². The monoisotopic (exact) mass is 238 g/mol. The van der Waals surface area contributed by atoms with Crippen molar-refractivity contribution in [2.75, 3.05) is 0 Å². The van der Waals surface area contributed by atoms with E-state index in [4.69, 9.17) is 4.74 Å². The highest BCUT2D eigenvalue weighted by Crippen LogP contribution is 2.22. The smallest absolute Gasteiger partial charge is 0.0888 e. The zero-order valence-electron chi connectivity index (χ0n) is 10.7. The number of hydrogen-bond acceptors (Lipinski definition) is 3. The number of ether oxygens (including phenoxy) is 1. The number of rotatable bonds is 4. The molecule has 0 aliphatic heterocycles. The van der Waals surface area contributed by atoms with Crippen LogP contribution in [0, 0.1) is 6.92 Å². The minimum atomic E-state index is -0.113. The van der Waals surface area contributed by atoms with Crippen molar-refractivity contribution < 1.29 is 9.84 Å². The lowest BCUT2D eigenvalue weighted by atomic mass is 9.95. The summed E-state index contributed by atoms with van der Waals surface area (Å²) < 4.78 is 7.89. The van der Waals surface area contributed by atoms with Crippen LogP contribution in [0.2, 0.25) is 0 Å². The van der Waals surface area contributed by atoms with Gasteiger partial charge in [-0.3, -0.25) is 4.68 Å². The fraction of sp³-hybridized carbons (Fsp3) is 0.769. The third kappa shape index (κ3) is 3.30. The third-order valence-corrected chi connectivity index (χ3v) is 3.40. The summed E-state index contributed by atoms with van der Waals surface area (Å²) >= 11 is 0. The molecule has 1 aromatic heterocycles. The van der Waals surface area contributed by atoms with Crippen LogP contribution in [0.5, 0.6) is 0 Å². The zero-order chi connectivity index (χ0) is 12.3. The van der Waals surface area contributed by atoms with E-state index in [0.717, 1.165) is 43.6 Å². The molecular weight excluding hydrogens is 216 g/mol. The van der Waals surface area contributed by atoms with E-state index in [0.29, 0.717) is 12.7 Å². The van der Waals surface area contributed by atoms with Crippen LogP contribution in [-0.4, -0.2) is 27.1 Å². The molecule has 0 amide bonds. The van der Waals surface area contributed by atoms with Crippen LogP contribution in [0.3, 0.4) is 0 Å². The van der Waals surface area contributed by atoms with Gasteiger partial charge in [-0.05, 0) is 45.6 Å². The molecule has 96 valence electrons. The van der Waals surface area contributed by atoms with Crippen LogP contribution in [0.4, 0.5) is 0 Å². The zero-order valence-corrected chi connectivity index (χ0v) is 10.7. The Morgan fingerprint density at radius 3 is 2.76 bits per heavy atom. The number of aryl methyl sites for hydroxylation is 2. The van der Waals surface area contributed by atoms with E-state index in [-0.39, 0.29) is 6.10 Å². The predicted molar refractivity (Wildman–Crippen MR) is 65.7 cm³/mol. The lowest BCUT2D eigenvalue weighted by Gasteiger charge is -2.25.